The molecule has 2 aromatic heterocycles. The molecule has 3 rings (SSSR count). The maximum atomic E-state index is 11.2. The van der Waals surface area contributed by atoms with Crippen LogP contribution in [0.1, 0.15) is 18.9 Å². The maximum absolute atomic E-state index is 11.2. The van der Waals surface area contributed by atoms with E-state index in [2.05, 4.69) is 15.2 Å². The second-order valence-corrected chi connectivity index (χ2v) is 4.27. The Morgan fingerprint density at radius 3 is 2.94 bits per heavy atom. The minimum atomic E-state index is -0.131. The van der Waals surface area contributed by atoms with Crippen molar-refractivity contribution in [3.8, 4) is 11.5 Å². The predicted octanol–water partition coefficient (Wildman–Crippen LogP) is 1.63. The Hall–Kier alpha value is -1.69. The van der Waals surface area contributed by atoms with Crippen LogP contribution in [-0.4, -0.2) is 19.7 Å². The molecule has 0 aliphatic heterocycles. The van der Waals surface area contributed by atoms with Gasteiger partial charge in [-0.05, 0) is 31.1 Å². The van der Waals surface area contributed by atoms with Crippen molar-refractivity contribution >= 4 is 12.2 Å². The van der Waals surface area contributed by atoms with Gasteiger partial charge in [0.2, 0.25) is 5.56 Å². The summed E-state index contributed by atoms with van der Waals surface area (Å²) in [4.78, 5) is 14.0. The molecule has 0 aromatic carbocycles. The molecule has 16 heavy (non-hydrogen) atoms. The number of aromatic nitrogens is 4. The van der Waals surface area contributed by atoms with Gasteiger partial charge in [0.15, 0.2) is 10.6 Å². The fourth-order valence-corrected chi connectivity index (χ4v) is 2.03. The Morgan fingerprint density at radius 1 is 1.44 bits per heavy atom. The molecule has 0 amide bonds. The first-order valence-electron chi connectivity index (χ1n) is 5.12. The summed E-state index contributed by atoms with van der Waals surface area (Å²) in [6, 6.07) is 5.45. The SMILES string of the molecule is O=c1cccc(-c2n[nH]c(=S)n2C2CC2)[nH]1. The molecular formula is C10H10N4OS. The third-order valence-corrected chi connectivity index (χ3v) is 2.91. The average Bonchev–Trinajstić information content (AvgIpc) is 3.02. The minimum Gasteiger partial charge on any atom is -0.319 e. The van der Waals surface area contributed by atoms with Crippen LogP contribution in [0.15, 0.2) is 23.0 Å². The second-order valence-electron chi connectivity index (χ2n) is 3.88. The summed E-state index contributed by atoms with van der Waals surface area (Å²) in [5.74, 6) is 0.713. The molecule has 1 aliphatic carbocycles. The summed E-state index contributed by atoms with van der Waals surface area (Å²) in [5.41, 5.74) is 0.570. The van der Waals surface area contributed by atoms with Gasteiger partial charge in [-0.1, -0.05) is 6.07 Å². The van der Waals surface area contributed by atoms with Crippen LogP contribution in [0.3, 0.4) is 0 Å². The van der Waals surface area contributed by atoms with Crippen molar-refractivity contribution < 1.29 is 0 Å². The van der Waals surface area contributed by atoms with Crippen LogP contribution in [0.5, 0.6) is 0 Å². The summed E-state index contributed by atoms with van der Waals surface area (Å²) in [6.07, 6.45) is 2.25. The topological polar surface area (TPSA) is 66.5 Å². The van der Waals surface area contributed by atoms with E-state index in [1.54, 1.807) is 6.07 Å². The molecule has 0 saturated heterocycles. The third-order valence-electron chi connectivity index (χ3n) is 2.63. The highest BCUT2D eigenvalue weighted by atomic mass is 32.1. The van der Waals surface area contributed by atoms with Crippen LogP contribution in [0.4, 0.5) is 0 Å². The van der Waals surface area contributed by atoms with Gasteiger partial charge in [-0.2, -0.15) is 5.10 Å². The maximum Gasteiger partial charge on any atom is 0.248 e. The van der Waals surface area contributed by atoms with E-state index in [-0.39, 0.29) is 5.56 Å². The van der Waals surface area contributed by atoms with E-state index in [4.69, 9.17) is 12.2 Å². The molecule has 6 heteroatoms. The van der Waals surface area contributed by atoms with Gasteiger partial charge in [-0.15, -0.1) is 0 Å². The lowest BCUT2D eigenvalue weighted by atomic mass is 10.3. The number of aromatic amines is 2. The standard InChI is InChI=1S/C10H10N4OS/c15-8-3-1-2-7(11-8)9-12-13-10(16)14(9)6-4-5-6/h1-3,6H,4-5H2,(H,11,15)(H,13,16). The van der Waals surface area contributed by atoms with E-state index in [0.29, 0.717) is 22.3 Å². The molecule has 82 valence electrons. The first-order valence-corrected chi connectivity index (χ1v) is 5.53. The normalized spacial score (nSPS) is 15.2. The minimum absolute atomic E-state index is 0.131. The first kappa shape index (κ1) is 9.53. The Morgan fingerprint density at radius 2 is 2.25 bits per heavy atom. The Kier molecular flexibility index (Phi) is 2.03. The summed E-state index contributed by atoms with van der Waals surface area (Å²) >= 11 is 5.17. The lowest BCUT2D eigenvalue weighted by Gasteiger charge is -2.03. The summed E-state index contributed by atoms with van der Waals surface area (Å²) in [7, 11) is 0. The van der Waals surface area contributed by atoms with Crippen molar-refractivity contribution in [2.24, 2.45) is 0 Å². The van der Waals surface area contributed by atoms with Gasteiger partial charge in [0.05, 0.1) is 5.69 Å². The van der Waals surface area contributed by atoms with E-state index in [0.717, 1.165) is 12.8 Å². The van der Waals surface area contributed by atoms with Crippen molar-refractivity contribution in [1.82, 2.24) is 19.7 Å². The van der Waals surface area contributed by atoms with E-state index in [9.17, 15) is 4.79 Å². The molecule has 2 aromatic rings. The first-order chi connectivity index (χ1) is 7.75. The van der Waals surface area contributed by atoms with Gasteiger partial charge >= 0.3 is 0 Å². The molecule has 1 aliphatic rings. The van der Waals surface area contributed by atoms with Gasteiger partial charge < -0.3 is 4.98 Å². The highest BCUT2D eigenvalue weighted by Gasteiger charge is 2.27. The van der Waals surface area contributed by atoms with Crippen LogP contribution in [0, 0.1) is 4.77 Å². The molecule has 2 N–H and O–H groups in total. The highest BCUT2D eigenvalue weighted by molar-refractivity contribution is 7.71. The number of pyridine rings is 1. The van der Waals surface area contributed by atoms with E-state index < -0.39 is 0 Å². The van der Waals surface area contributed by atoms with Crippen molar-refractivity contribution in [3.63, 3.8) is 0 Å². The number of hydrogen-bond acceptors (Lipinski definition) is 3. The van der Waals surface area contributed by atoms with Crippen molar-refractivity contribution in [1.29, 1.82) is 0 Å². The summed E-state index contributed by atoms with van der Waals surface area (Å²) < 4.78 is 2.59. The molecule has 0 atom stereocenters. The number of nitrogens with zero attached hydrogens (tertiary/aromatic N) is 2. The number of H-pyrrole nitrogens is 2. The number of rotatable bonds is 2. The Balaban J connectivity index is 2.19. The molecule has 0 bridgehead atoms. The molecule has 0 unspecified atom stereocenters. The van der Waals surface area contributed by atoms with E-state index >= 15 is 0 Å². The summed E-state index contributed by atoms with van der Waals surface area (Å²) in [5, 5.41) is 6.93. The fraction of sp³-hybridized carbons (Fsp3) is 0.300. The molecule has 5 nitrogen and oxygen atoms in total. The zero-order chi connectivity index (χ0) is 11.1. The van der Waals surface area contributed by atoms with Gasteiger partial charge in [0, 0.05) is 12.1 Å². The Bertz CT molecular complexity index is 635. The molecule has 2 heterocycles. The molecule has 0 radical (unpaired) electrons. The molecule has 1 fully saturated rings. The second kappa shape index (κ2) is 3.41. The average molecular weight is 234 g/mol. The van der Waals surface area contributed by atoms with Gasteiger partial charge in [0.25, 0.3) is 0 Å². The van der Waals surface area contributed by atoms with Crippen molar-refractivity contribution in [2.75, 3.05) is 0 Å². The van der Waals surface area contributed by atoms with Gasteiger partial charge in [0.1, 0.15) is 0 Å². The lowest BCUT2D eigenvalue weighted by molar-refractivity contribution is 0.732. The van der Waals surface area contributed by atoms with Crippen LogP contribution in [0.25, 0.3) is 11.5 Å². The quantitative estimate of drug-likeness (QED) is 0.776. The van der Waals surface area contributed by atoms with Crippen LogP contribution in [-0.2, 0) is 0 Å². The zero-order valence-corrected chi connectivity index (χ0v) is 9.25. The van der Waals surface area contributed by atoms with Crippen molar-refractivity contribution in [3.05, 3.63) is 33.3 Å². The fourth-order valence-electron chi connectivity index (χ4n) is 1.74. The van der Waals surface area contributed by atoms with Crippen LogP contribution >= 0.6 is 12.2 Å². The van der Waals surface area contributed by atoms with Crippen LogP contribution < -0.4 is 5.56 Å². The summed E-state index contributed by atoms with van der Waals surface area (Å²) in [6.45, 7) is 0. The van der Waals surface area contributed by atoms with Gasteiger partial charge in [-0.3, -0.25) is 14.5 Å². The number of nitrogens with one attached hydrogen (secondary N) is 2. The number of hydrogen-bond donors (Lipinski definition) is 2. The molecular weight excluding hydrogens is 224 g/mol. The smallest absolute Gasteiger partial charge is 0.248 e. The molecule has 0 spiro atoms. The van der Waals surface area contributed by atoms with E-state index in [1.807, 2.05) is 10.6 Å². The van der Waals surface area contributed by atoms with Gasteiger partial charge in [-0.25, -0.2) is 0 Å². The largest absolute Gasteiger partial charge is 0.319 e. The third kappa shape index (κ3) is 1.51. The lowest BCUT2D eigenvalue weighted by Crippen LogP contribution is -2.06. The van der Waals surface area contributed by atoms with E-state index in [1.165, 1.54) is 6.07 Å². The zero-order valence-electron chi connectivity index (χ0n) is 8.43. The monoisotopic (exact) mass is 234 g/mol. The highest BCUT2D eigenvalue weighted by Crippen LogP contribution is 2.37. The van der Waals surface area contributed by atoms with Crippen LogP contribution in [0.2, 0.25) is 0 Å². The Labute approximate surface area is 96.1 Å². The van der Waals surface area contributed by atoms with Crippen molar-refractivity contribution in [2.45, 2.75) is 18.9 Å². The predicted molar refractivity (Wildman–Crippen MR) is 61.7 cm³/mol. The molecule has 1 saturated carbocycles.